The predicted molar refractivity (Wildman–Crippen MR) is 107 cm³/mol. The van der Waals surface area contributed by atoms with E-state index in [0.29, 0.717) is 18.7 Å². The van der Waals surface area contributed by atoms with E-state index in [1.54, 1.807) is 19.1 Å². The SMILES string of the molecule is CCOC(=O)c1ccc2c(c1)n(CC(=O)NCc1ccccc1)c(C)[n+]2CC. The minimum Gasteiger partial charge on any atom is -0.462 e. The zero-order valence-electron chi connectivity index (χ0n) is 16.6. The molecule has 1 amide bonds. The third kappa shape index (κ3) is 4.06. The van der Waals surface area contributed by atoms with Crippen molar-refractivity contribution in [1.29, 1.82) is 0 Å². The monoisotopic (exact) mass is 380 g/mol. The largest absolute Gasteiger partial charge is 0.462 e. The van der Waals surface area contributed by atoms with Gasteiger partial charge in [-0.1, -0.05) is 30.3 Å². The molecule has 0 fully saturated rings. The van der Waals surface area contributed by atoms with Crippen LogP contribution in [0.1, 0.15) is 35.6 Å². The topological polar surface area (TPSA) is 64.2 Å². The number of nitrogens with one attached hydrogen (secondary N) is 1. The Bertz CT molecular complexity index is 993. The number of ether oxygens (including phenoxy) is 1. The van der Waals surface area contributed by atoms with Gasteiger partial charge in [0.15, 0.2) is 17.6 Å². The van der Waals surface area contributed by atoms with E-state index in [9.17, 15) is 9.59 Å². The molecule has 3 aromatic rings. The van der Waals surface area contributed by atoms with Crippen LogP contribution in [0.2, 0.25) is 0 Å². The van der Waals surface area contributed by atoms with E-state index < -0.39 is 0 Å². The van der Waals surface area contributed by atoms with Crippen molar-refractivity contribution in [3.63, 3.8) is 0 Å². The normalized spacial score (nSPS) is 10.8. The highest BCUT2D eigenvalue weighted by Gasteiger charge is 2.24. The van der Waals surface area contributed by atoms with Crippen molar-refractivity contribution in [2.24, 2.45) is 0 Å². The van der Waals surface area contributed by atoms with Gasteiger partial charge in [-0.3, -0.25) is 4.79 Å². The number of rotatable bonds is 7. The molecule has 6 heteroatoms. The Morgan fingerprint density at radius 1 is 1.11 bits per heavy atom. The lowest BCUT2D eigenvalue weighted by Crippen LogP contribution is -2.36. The number of aryl methyl sites for hydroxylation is 1. The second-order valence-corrected chi connectivity index (χ2v) is 6.56. The third-order valence-corrected chi connectivity index (χ3v) is 4.80. The van der Waals surface area contributed by atoms with Crippen LogP contribution in [0.5, 0.6) is 0 Å². The summed E-state index contributed by atoms with van der Waals surface area (Å²) in [7, 11) is 0. The summed E-state index contributed by atoms with van der Waals surface area (Å²) >= 11 is 0. The van der Waals surface area contributed by atoms with Gasteiger partial charge in [-0.2, -0.15) is 0 Å². The van der Waals surface area contributed by atoms with Crippen LogP contribution in [0.3, 0.4) is 0 Å². The van der Waals surface area contributed by atoms with Crippen LogP contribution in [-0.4, -0.2) is 23.1 Å². The molecule has 146 valence electrons. The lowest BCUT2D eigenvalue weighted by Gasteiger charge is -2.05. The predicted octanol–water partition coefficient (Wildman–Crippen LogP) is 2.75. The van der Waals surface area contributed by atoms with Crippen LogP contribution in [0.4, 0.5) is 0 Å². The summed E-state index contributed by atoms with van der Waals surface area (Å²) in [5, 5.41) is 2.96. The number of hydrogen-bond donors (Lipinski definition) is 1. The van der Waals surface area contributed by atoms with Crippen molar-refractivity contribution in [1.82, 2.24) is 9.88 Å². The van der Waals surface area contributed by atoms with Crippen molar-refractivity contribution in [3.8, 4) is 0 Å². The fourth-order valence-electron chi connectivity index (χ4n) is 3.40. The fourth-order valence-corrected chi connectivity index (χ4v) is 3.40. The maximum atomic E-state index is 12.6. The number of amides is 1. The summed E-state index contributed by atoms with van der Waals surface area (Å²) in [6.45, 7) is 7.61. The maximum Gasteiger partial charge on any atom is 0.338 e. The Hall–Kier alpha value is -3.15. The van der Waals surface area contributed by atoms with Crippen LogP contribution < -0.4 is 9.88 Å². The molecule has 0 bridgehead atoms. The minimum atomic E-state index is -0.355. The molecule has 0 radical (unpaired) electrons. The molecule has 0 unspecified atom stereocenters. The smallest absolute Gasteiger partial charge is 0.338 e. The number of imidazole rings is 1. The van der Waals surface area contributed by atoms with E-state index in [4.69, 9.17) is 4.74 Å². The lowest BCUT2D eigenvalue weighted by molar-refractivity contribution is -0.674. The average Bonchev–Trinajstić information content (AvgIpc) is 2.97. The molecule has 0 saturated carbocycles. The van der Waals surface area contributed by atoms with E-state index in [-0.39, 0.29) is 18.4 Å². The highest BCUT2D eigenvalue weighted by Crippen LogP contribution is 2.17. The van der Waals surface area contributed by atoms with Gasteiger partial charge in [-0.05, 0) is 31.5 Å². The highest BCUT2D eigenvalue weighted by atomic mass is 16.5. The fraction of sp³-hybridized carbons (Fsp3) is 0.318. The molecule has 1 aromatic heterocycles. The van der Waals surface area contributed by atoms with Crippen molar-refractivity contribution in [2.45, 2.75) is 40.4 Å². The highest BCUT2D eigenvalue weighted by molar-refractivity contribution is 5.93. The molecule has 6 nitrogen and oxygen atoms in total. The number of carbonyl (C=O) groups excluding carboxylic acids is 2. The van der Waals surface area contributed by atoms with Crippen LogP contribution in [0.25, 0.3) is 11.0 Å². The first-order chi connectivity index (χ1) is 13.5. The van der Waals surface area contributed by atoms with Gasteiger partial charge in [0, 0.05) is 19.5 Å². The Kier molecular flexibility index (Phi) is 6.09. The van der Waals surface area contributed by atoms with Gasteiger partial charge in [-0.15, -0.1) is 0 Å². The number of fused-ring (bicyclic) bond motifs is 1. The van der Waals surface area contributed by atoms with Crippen LogP contribution >= 0.6 is 0 Å². The van der Waals surface area contributed by atoms with Crippen molar-refractivity contribution < 1.29 is 18.9 Å². The second-order valence-electron chi connectivity index (χ2n) is 6.56. The standard InChI is InChI=1S/C22H25N3O3/c1-4-24-16(3)25(15-21(26)23-14-17-9-7-6-8-10-17)20-13-18(11-12-19(20)24)22(27)28-5-2/h6-13H,4-5,14-15H2,1-3H3/p+1. The van der Waals surface area contributed by atoms with Crippen molar-refractivity contribution in [2.75, 3.05) is 6.61 Å². The van der Waals surface area contributed by atoms with E-state index in [2.05, 4.69) is 16.8 Å². The molecule has 1 N–H and O–H groups in total. The first-order valence-electron chi connectivity index (χ1n) is 9.55. The quantitative estimate of drug-likeness (QED) is 0.506. The number of carbonyl (C=O) groups is 2. The average molecular weight is 380 g/mol. The van der Waals surface area contributed by atoms with Gasteiger partial charge < -0.3 is 10.1 Å². The first kappa shape index (κ1) is 19.6. The number of nitrogens with zero attached hydrogens (tertiary/aromatic N) is 2. The molecule has 0 aliphatic heterocycles. The molecule has 0 spiro atoms. The zero-order chi connectivity index (χ0) is 20.1. The Balaban J connectivity index is 1.87. The van der Waals surface area contributed by atoms with Gasteiger partial charge in [0.2, 0.25) is 0 Å². The molecule has 3 rings (SSSR count). The summed E-state index contributed by atoms with van der Waals surface area (Å²) < 4.78 is 9.19. The Morgan fingerprint density at radius 3 is 2.54 bits per heavy atom. The molecule has 0 aliphatic carbocycles. The van der Waals surface area contributed by atoms with Crippen LogP contribution in [-0.2, 0) is 29.2 Å². The van der Waals surface area contributed by atoms with Crippen molar-refractivity contribution in [3.05, 3.63) is 65.5 Å². The first-order valence-corrected chi connectivity index (χ1v) is 9.55. The van der Waals surface area contributed by atoms with E-state index in [1.165, 1.54) is 0 Å². The number of esters is 1. The number of hydrogen-bond acceptors (Lipinski definition) is 3. The molecule has 2 aromatic carbocycles. The Labute approximate surface area is 164 Å². The summed E-state index contributed by atoms with van der Waals surface area (Å²) in [6, 6.07) is 15.3. The minimum absolute atomic E-state index is 0.0753. The summed E-state index contributed by atoms with van der Waals surface area (Å²) in [4.78, 5) is 24.7. The van der Waals surface area contributed by atoms with Gasteiger partial charge in [-0.25, -0.2) is 13.9 Å². The summed E-state index contributed by atoms with van der Waals surface area (Å²) in [6.07, 6.45) is 0. The molecule has 0 atom stereocenters. The van der Waals surface area contributed by atoms with E-state index >= 15 is 0 Å². The molecular weight excluding hydrogens is 354 g/mol. The van der Waals surface area contributed by atoms with Gasteiger partial charge in [0.1, 0.15) is 0 Å². The lowest BCUT2D eigenvalue weighted by atomic mass is 10.2. The van der Waals surface area contributed by atoms with Gasteiger partial charge in [0.25, 0.3) is 11.7 Å². The molecule has 0 aliphatic rings. The maximum absolute atomic E-state index is 12.6. The van der Waals surface area contributed by atoms with E-state index in [1.807, 2.05) is 47.9 Å². The van der Waals surface area contributed by atoms with Gasteiger partial charge in [0.05, 0.1) is 18.7 Å². The Morgan fingerprint density at radius 2 is 1.86 bits per heavy atom. The molecular formula is C22H26N3O3+. The number of aromatic nitrogens is 2. The molecule has 0 saturated heterocycles. The molecule has 1 heterocycles. The van der Waals surface area contributed by atoms with Crippen molar-refractivity contribution >= 4 is 22.9 Å². The second kappa shape index (κ2) is 8.69. The van der Waals surface area contributed by atoms with Crippen LogP contribution in [0, 0.1) is 6.92 Å². The van der Waals surface area contributed by atoms with E-state index in [0.717, 1.165) is 29.0 Å². The summed E-state index contributed by atoms with van der Waals surface area (Å²) in [5.41, 5.74) is 3.38. The zero-order valence-corrected chi connectivity index (χ0v) is 16.6. The summed E-state index contributed by atoms with van der Waals surface area (Å²) in [5.74, 6) is 0.536. The van der Waals surface area contributed by atoms with Gasteiger partial charge >= 0.3 is 5.97 Å². The third-order valence-electron chi connectivity index (χ3n) is 4.80. The van der Waals surface area contributed by atoms with Crippen LogP contribution in [0.15, 0.2) is 48.5 Å². The molecule has 28 heavy (non-hydrogen) atoms. The number of benzene rings is 2.